The smallest absolute Gasteiger partial charge is 0.256 e. The van der Waals surface area contributed by atoms with Crippen LogP contribution in [0.5, 0.6) is 0 Å². The molecule has 1 N–H and O–H groups in total. The molecule has 8 nitrogen and oxygen atoms in total. The summed E-state index contributed by atoms with van der Waals surface area (Å²) in [5.74, 6) is -0.0171. The number of hydrogen-bond acceptors (Lipinski definition) is 5. The van der Waals surface area contributed by atoms with Crippen molar-refractivity contribution < 1.29 is 9.59 Å². The summed E-state index contributed by atoms with van der Waals surface area (Å²) in [5, 5.41) is 7.05. The molecule has 2 amide bonds. The number of fused-ring (bicyclic) bond motifs is 1. The van der Waals surface area contributed by atoms with Crippen molar-refractivity contribution in [1.29, 1.82) is 0 Å². The first kappa shape index (κ1) is 18.9. The molecule has 0 spiro atoms. The normalized spacial score (nSPS) is 21.0. The summed E-state index contributed by atoms with van der Waals surface area (Å²) >= 11 is 0. The Kier molecular flexibility index (Phi) is 5.57. The molecule has 1 atom stereocenters. The van der Waals surface area contributed by atoms with Crippen LogP contribution in [0.4, 0.5) is 0 Å². The molecule has 0 saturated carbocycles. The minimum atomic E-state index is -0.207. The molecule has 2 aliphatic rings. The molecule has 0 bridgehead atoms. The Bertz CT molecular complexity index is 857. The highest BCUT2D eigenvalue weighted by molar-refractivity contribution is 5.99. The standard InChI is InChI=1S/C20H28N6O2/c1-21-20(28)15-13-23-26-17(8-9-22-19(15)26)16-7-3-6-12-25(16)18(27)14-24-10-4-2-5-11-24/h8-9,13,16H,2-7,10-12,14H2,1H3,(H,21,28). The zero-order chi connectivity index (χ0) is 19.5. The third kappa shape index (κ3) is 3.61. The van der Waals surface area contributed by atoms with Crippen molar-refractivity contribution in [3.05, 3.63) is 29.7 Å². The van der Waals surface area contributed by atoms with E-state index in [0.29, 0.717) is 17.8 Å². The van der Waals surface area contributed by atoms with E-state index in [1.165, 1.54) is 19.3 Å². The molecular formula is C20H28N6O2. The van der Waals surface area contributed by atoms with Gasteiger partial charge in [-0.1, -0.05) is 6.42 Å². The molecule has 2 aromatic rings. The Labute approximate surface area is 164 Å². The van der Waals surface area contributed by atoms with Crippen molar-refractivity contribution >= 4 is 17.5 Å². The monoisotopic (exact) mass is 384 g/mol. The van der Waals surface area contributed by atoms with Crippen LogP contribution in [0.15, 0.2) is 18.5 Å². The summed E-state index contributed by atoms with van der Waals surface area (Å²) < 4.78 is 1.72. The van der Waals surface area contributed by atoms with E-state index in [2.05, 4.69) is 20.3 Å². The largest absolute Gasteiger partial charge is 0.355 e. The molecule has 2 aromatic heterocycles. The number of amides is 2. The lowest BCUT2D eigenvalue weighted by atomic mass is 9.98. The molecule has 150 valence electrons. The number of carbonyl (C=O) groups excluding carboxylic acids is 2. The molecule has 4 heterocycles. The molecule has 2 fully saturated rings. The second-order valence-electron chi connectivity index (χ2n) is 7.68. The van der Waals surface area contributed by atoms with Gasteiger partial charge in [-0.05, 0) is 51.3 Å². The van der Waals surface area contributed by atoms with Gasteiger partial charge in [0.2, 0.25) is 5.91 Å². The third-order valence-electron chi connectivity index (χ3n) is 5.87. The first-order valence-corrected chi connectivity index (χ1v) is 10.3. The van der Waals surface area contributed by atoms with Gasteiger partial charge in [0.15, 0.2) is 5.65 Å². The van der Waals surface area contributed by atoms with Crippen LogP contribution in [0.2, 0.25) is 0 Å². The van der Waals surface area contributed by atoms with Crippen LogP contribution in [0, 0.1) is 0 Å². The average Bonchev–Trinajstić information content (AvgIpc) is 3.18. The number of piperidine rings is 2. The van der Waals surface area contributed by atoms with Gasteiger partial charge in [-0.3, -0.25) is 14.5 Å². The summed E-state index contributed by atoms with van der Waals surface area (Å²) in [6, 6.07) is 1.89. The van der Waals surface area contributed by atoms with Gasteiger partial charge in [0.25, 0.3) is 5.91 Å². The van der Waals surface area contributed by atoms with E-state index in [0.717, 1.165) is 44.6 Å². The number of likely N-dealkylation sites (tertiary alicyclic amines) is 2. The van der Waals surface area contributed by atoms with Gasteiger partial charge in [-0.25, -0.2) is 9.50 Å². The van der Waals surface area contributed by atoms with Crippen molar-refractivity contribution in [1.82, 2.24) is 29.7 Å². The van der Waals surface area contributed by atoms with Crippen molar-refractivity contribution in [2.24, 2.45) is 0 Å². The predicted octanol–water partition coefficient (Wildman–Crippen LogP) is 1.63. The molecular weight excluding hydrogens is 356 g/mol. The fourth-order valence-corrected chi connectivity index (χ4v) is 4.39. The summed E-state index contributed by atoms with van der Waals surface area (Å²) in [6.07, 6.45) is 9.88. The number of aromatic nitrogens is 3. The van der Waals surface area contributed by atoms with Crippen molar-refractivity contribution in [2.45, 2.75) is 44.6 Å². The molecule has 0 aromatic carbocycles. The minimum absolute atomic E-state index is 0.0334. The number of carbonyl (C=O) groups is 2. The SMILES string of the molecule is CNC(=O)c1cnn2c(C3CCCCN3C(=O)CN3CCCCC3)ccnc12. The van der Waals surface area contributed by atoms with Gasteiger partial charge >= 0.3 is 0 Å². The fourth-order valence-electron chi connectivity index (χ4n) is 4.39. The lowest BCUT2D eigenvalue weighted by Gasteiger charge is -2.37. The zero-order valence-electron chi connectivity index (χ0n) is 16.4. The molecule has 2 saturated heterocycles. The van der Waals surface area contributed by atoms with Crippen LogP contribution < -0.4 is 5.32 Å². The first-order chi connectivity index (χ1) is 13.7. The Balaban J connectivity index is 1.61. The topological polar surface area (TPSA) is 82.8 Å². The number of hydrogen-bond donors (Lipinski definition) is 1. The minimum Gasteiger partial charge on any atom is -0.355 e. The molecule has 0 aliphatic carbocycles. The van der Waals surface area contributed by atoms with Crippen LogP contribution >= 0.6 is 0 Å². The van der Waals surface area contributed by atoms with E-state index in [4.69, 9.17) is 0 Å². The van der Waals surface area contributed by atoms with Gasteiger partial charge < -0.3 is 10.2 Å². The van der Waals surface area contributed by atoms with Gasteiger partial charge in [0, 0.05) is 19.8 Å². The Morgan fingerprint density at radius 1 is 1.14 bits per heavy atom. The van der Waals surface area contributed by atoms with Crippen molar-refractivity contribution in [3.63, 3.8) is 0 Å². The van der Waals surface area contributed by atoms with Crippen LogP contribution in [0.1, 0.15) is 60.6 Å². The average molecular weight is 384 g/mol. The Morgan fingerprint density at radius 2 is 1.93 bits per heavy atom. The van der Waals surface area contributed by atoms with Crippen LogP contribution in [-0.4, -0.2) is 69.4 Å². The maximum Gasteiger partial charge on any atom is 0.256 e. The van der Waals surface area contributed by atoms with E-state index < -0.39 is 0 Å². The summed E-state index contributed by atoms with van der Waals surface area (Å²) in [5.41, 5.74) is 1.91. The lowest BCUT2D eigenvalue weighted by molar-refractivity contribution is -0.136. The van der Waals surface area contributed by atoms with E-state index in [1.807, 2.05) is 11.0 Å². The van der Waals surface area contributed by atoms with E-state index in [9.17, 15) is 9.59 Å². The van der Waals surface area contributed by atoms with Gasteiger partial charge in [-0.2, -0.15) is 5.10 Å². The predicted molar refractivity (Wildman–Crippen MR) is 105 cm³/mol. The van der Waals surface area contributed by atoms with Crippen LogP contribution in [0.25, 0.3) is 5.65 Å². The molecule has 4 rings (SSSR count). The molecule has 28 heavy (non-hydrogen) atoms. The highest BCUT2D eigenvalue weighted by atomic mass is 16.2. The molecule has 0 radical (unpaired) electrons. The zero-order valence-corrected chi connectivity index (χ0v) is 16.4. The van der Waals surface area contributed by atoms with Gasteiger partial charge in [-0.15, -0.1) is 0 Å². The maximum absolute atomic E-state index is 13.1. The second-order valence-corrected chi connectivity index (χ2v) is 7.68. The first-order valence-electron chi connectivity index (χ1n) is 10.3. The van der Waals surface area contributed by atoms with Crippen LogP contribution in [0.3, 0.4) is 0 Å². The molecule has 1 unspecified atom stereocenters. The van der Waals surface area contributed by atoms with E-state index >= 15 is 0 Å². The number of nitrogens with one attached hydrogen (secondary N) is 1. The Hall–Kier alpha value is -2.48. The van der Waals surface area contributed by atoms with Gasteiger partial charge in [0.05, 0.1) is 24.5 Å². The van der Waals surface area contributed by atoms with E-state index in [1.54, 1.807) is 24.0 Å². The number of nitrogens with zero attached hydrogens (tertiary/aromatic N) is 5. The quantitative estimate of drug-likeness (QED) is 0.866. The third-order valence-corrected chi connectivity index (χ3v) is 5.87. The maximum atomic E-state index is 13.1. The van der Waals surface area contributed by atoms with Gasteiger partial charge in [0.1, 0.15) is 5.56 Å². The Morgan fingerprint density at radius 3 is 2.71 bits per heavy atom. The highest BCUT2D eigenvalue weighted by Gasteiger charge is 2.31. The summed E-state index contributed by atoms with van der Waals surface area (Å²) in [7, 11) is 1.60. The second kappa shape index (κ2) is 8.26. The van der Waals surface area contributed by atoms with Crippen molar-refractivity contribution in [3.8, 4) is 0 Å². The lowest BCUT2D eigenvalue weighted by Crippen LogP contribution is -2.45. The summed E-state index contributed by atoms with van der Waals surface area (Å²) in [4.78, 5) is 33.9. The summed E-state index contributed by atoms with van der Waals surface area (Å²) in [6.45, 7) is 3.29. The molecule has 8 heteroatoms. The van der Waals surface area contributed by atoms with E-state index in [-0.39, 0.29) is 17.9 Å². The number of rotatable bonds is 4. The van der Waals surface area contributed by atoms with Crippen LogP contribution in [-0.2, 0) is 4.79 Å². The fraction of sp³-hybridized carbons (Fsp3) is 0.600. The van der Waals surface area contributed by atoms with Crippen molar-refractivity contribution in [2.75, 3.05) is 33.2 Å². The highest BCUT2D eigenvalue weighted by Crippen LogP contribution is 2.31. The molecule has 2 aliphatic heterocycles.